The van der Waals surface area contributed by atoms with Crippen molar-refractivity contribution in [3.63, 3.8) is 0 Å². The number of rotatable bonds is 2. The topological polar surface area (TPSA) is 46.2 Å². The predicted octanol–water partition coefficient (Wildman–Crippen LogP) is 3.40. The van der Waals surface area contributed by atoms with Crippen LogP contribution in [-0.4, -0.2) is 11.7 Å². The van der Waals surface area contributed by atoms with Gasteiger partial charge in [0.2, 0.25) is 0 Å². The Bertz CT molecular complexity index is 440. The molecule has 0 unspecified atom stereocenters. The lowest BCUT2D eigenvalue weighted by molar-refractivity contribution is 0.469. The van der Waals surface area contributed by atoms with Crippen LogP contribution < -0.4 is 5.73 Å². The molecule has 92 valence electrons. The van der Waals surface area contributed by atoms with Crippen molar-refractivity contribution in [2.45, 2.75) is 32.1 Å². The van der Waals surface area contributed by atoms with Gasteiger partial charge in [-0.3, -0.25) is 0 Å². The Hall–Kier alpha value is -0.800. The summed E-state index contributed by atoms with van der Waals surface area (Å²) in [7, 11) is 0. The molecule has 0 amide bonds. The number of phenolic OH excluding ortho intramolecular Hbond substituents is 1. The highest BCUT2D eigenvalue weighted by molar-refractivity contribution is 9.10. The first-order valence-corrected chi connectivity index (χ1v) is 6.93. The van der Waals surface area contributed by atoms with Gasteiger partial charge in [-0.1, -0.05) is 18.6 Å². The van der Waals surface area contributed by atoms with E-state index in [-0.39, 0.29) is 0 Å². The average Bonchev–Trinajstić information content (AvgIpc) is 2.55. The summed E-state index contributed by atoms with van der Waals surface area (Å²) in [5.41, 5.74) is 9.10. The first-order chi connectivity index (χ1) is 8.24. The zero-order valence-electron chi connectivity index (χ0n) is 9.88. The van der Waals surface area contributed by atoms with E-state index in [1.54, 1.807) is 0 Å². The van der Waals surface area contributed by atoms with E-state index in [0.29, 0.717) is 12.3 Å². The van der Waals surface area contributed by atoms with E-state index in [1.165, 1.54) is 30.4 Å². The molecule has 1 aliphatic carbocycles. The van der Waals surface area contributed by atoms with Gasteiger partial charge in [0, 0.05) is 12.1 Å². The molecular formula is C14H18BrNO. The van der Waals surface area contributed by atoms with Gasteiger partial charge in [0.1, 0.15) is 5.75 Å². The molecule has 2 nitrogen and oxygen atoms in total. The fourth-order valence-corrected chi connectivity index (χ4v) is 2.92. The fraction of sp³-hybridized carbons (Fsp3) is 0.429. The molecule has 1 aromatic carbocycles. The van der Waals surface area contributed by atoms with Crippen LogP contribution in [0.5, 0.6) is 5.75 Å². The summed E-state index contributed by atoms with van der Waals surface area (Å²) < 4.78 is 0.787. The molecule has 0 atom stereocenters. The summed E-state index contributed by atoms with van der Waals surface area (Å²) in [5.74, 6) is 0.343. The zero-order chi connectivity index (χ0) is 12.3. The molecule has 0 saturated heterocycles. The molecule has 0 saturated carbocycles. The highest BCUT2D eigenvalue weighted by Gasteiger charge is 2.16. The van der Waals surface area contributed by atoms with Crippen LogP contribution in [0.4, 0.5) is 0 Å². The highest BCUT2D eigenvalue weighted by Crippen LogP contribution is 2.36. The molecule has 0 heterocycles. The first kappa shape index (κ1) is 12.7. The molecule has 0 fully saturated rings. The number of halogens is 1. The summed E-state index contributed by atoms with van der Waals surface area (Å²) in [6.07, 6.45) is 9.73. The van der Waals surface area contributed by atoms with Crippen molar-refractivity contribution < 1.29 is 5.11 Å². The van der Waals surface area contributed by atoms with Crippen LogP contribution in [0.1, 0.15) is 36.0 Å². The summed E-state index contributed by atoms with van der Waals surface area (Å²) in [5, 5.41) is 10.1. The lowest BCUT2D eigenvalue weighted by atomic mass is 9.96. The molecule has 3 heteroatoms. The second-order valence-corrected chi connectivity index (χ2v) is 5.31. The lowest BCUT2D eigenvalue weighted by Crippen LogP contribution is -1.98. The number of fused-ring (bicyclic) bond motifs is 1. The van der Waals surface area contributed by atoms with E-state index in [1.807, 2.05) is 12.2 Å². The van der Waals surface area contributed by atoms with Crippen LogP contribution in [0.3, 0.4) is 0 Å². The van der Waals surface area contributed by atoms with Gasteiger partial charge in [0.05, 0.1) is 4.47 Å². The third-order valence-electron chi connectivity index (χ3n) is 3.29. The quantitative estimate of drug-likeness (QED) is 0.822. The number of nitrogens with two attached hydrogens (primary N) is 1. The van der Waals surface area contributed by atoms with Gasteiger partial charge < -0.3 is 10.8 Å². The Morgan fingerprint density at radius 3 is 2.82 bits per heavy atom. The van der Waals surface area contributed by atoms with E-state index in [4.69, 9.17) is 5.73 Å². The maximum Gasteiger partial charge on any atom is 0.137 e. The molecule has 0 radical (unpaired) electrons. The van der Waals surface area contributed by atoms with Crippen molar-refractivity contribution in [2.75, 3.05) is 6.54 Å². The standard InChI is InChI=1S/C14H18BrNO/c15-13-9-10-5-2-1-3-6-11(10)12(14(13)17)7-4-8-16/h4,7,9,17H,1-3,5-6,8,16H2/b7-4+. The van der Waals surface area contributed by atoms with Gasteiger partial charge in [-0.25, -0.2) is 0 Å². The van der Waals surface area contributed by atoms with E-state index in [9.17, 15) is 5.11 Å². The van der Waals surface area contributed by atoms with Crippen LogP contribution in [0.25, 0.3) is 6.08 Å². The van der Waals surface area contributed by atoms with Crippen LogP contribution in [0, 0.1) is 0 Å². The Morgan fingerprint density at radius 1 is 1.29 bits per heavy atom. The smallest absolute Gasteiger partial charge is 0.137 e. The van der Waals surface area contributed by atoms with Crippen LogP contribution in [-0.2, 0) is 12.8 Å². The first-order valence-electron chi connectivity index (χ1n) is 6.14. The fourth-order valence-electron chi connectivity index (χ4n) is 2.43. The summed E-state index contributed by atoms with van der Waals surface area (Å²) in [4.78, 5) is 0. The summed E-state index contributed by atoms with van der Waals surface area (Å²) in [6.45, 7) is 0.501. The van der Waals surface area contributed by atoms with Crippen molar-refractivity contribution in [1.29, 1.82) is 0 Å². The van der Waals surface area contributed by atoms with Gasteiger partial charge in [-0.2, -0.15) is 0 Å². The van der Waals surface area contributed by atoms with Crippen LogP contribution in [0.2, 0.25) is 0 Å². The maximum atomic E-state index is 10.1. The summed E-state index contributed by atoms with van der Waals surface area (Å²) >= 11 is 3.43. The Labute approximate surface area is 111 Å². The maximum absolute atomic E-state index is 10.1. The number of phenols is 1. The number of benzene rings is 1. The molecule has 0 spiro atoms. The average molecular weight is 296 g/mol. The van der Waals surface area contributed by atoms with Crippen LogP contribution >= 0.6 is 15.9 Å². The number of hydrogen-bond donors (Lipinski definition) is 2. The van der Waals surface area contributed by atoms with Crippen molar-refractivity contribution >= 4 is 22.0 Å². The molecular weight excluding hydrogens is 278 g/mol. The molecule has 1 aliphatic rings. The minimum absolute atomic E-state index is 0.343. The monoisotopic (exact) mass is 295 g/mol. The number of aromatic hydroxyl groups is 1. The molecule has 3 N–H and O–H groups in total. The molecule has 1 aromatic rings. The molecule has 0 aromatic heterocycles. The van der Waals surface area contributed by atoms with Gasteiger partial charge in [-0.15, -0.1) is 0 Å². The van der Waals surface area contributed by atoms with Gasteiger partial charge in [0.15, 0.2) is 0 Å². The van der Waals surface area contributed by atoms with Crippen molar-refractivity contribution in [2.24, 2.45) is 5.73 Å². The highest BCUT2D eigenvalue weighted by atomic mass is 79.9. The normalized spacial score (nSPS) is 15.9. The Kier molecular flexibility index (Phi) is 4.24. The molecule has 0 bridgehead atoms. The van der Waals surface area contributed by atoms with Crippen molar-refractivity contribution in [1.82, 2.24) is 0 Å². The van der Waals surface area contributed by atoms with E-state index < -0.39 is 0 Å². The van der Waals surface area contributed by atoms with Gasteiger partial charge in [0.25, 0.3) is 0 Å². The molecule has 17 heavy (non-hydrogen) atoms. The zero-order valence-corrected chi connectivity index (χ0v) is 11.5. The van der Waals surface area contributed by atoms with Crippen molar-refractivity contribution in [3.8, 4) is 5.75 Å². The Morgan fingerprint density at radius 2 is 2.06 bits per heavy atom. The van der Waals surface area contributed by atoms with Gasteiger partial charge >= 0.3 is 0 Å². The van der Waals surface area contributed by atoms with E-state index in [2.05, 4.69) is 22.0 Å². The van der Waals surface area contributed by atoms with Crippen molar-refractivity contribution in [3.05, 3.63) is 33.3 Å². The predicted molar refractivity (Wildman–Crippen MR) is 75.2 cm³/mol. The summed E-state index contributed by atoms with van der Waals surface area (Å²) in [6, 6.07) is 2.07. The number of aryl methyl sites for hydroxylation is 1. The van der Waals surface area contributed by atoms with Crippen LogP contribution in [0.15, 0.2) is 16.6 Å². The third kappa shape index (κ3) is 2.72. The van der Waals surface area contributed by atoms with E-state index in [0.717, 1.165) is 22.9 Å². The minimum Gasteiger partial charge on any atom is -0.506 e. The molecule has 2 rings (SSSR count). The number of hydrogen-bond acceptors (Lipinski definition) is 2. The van der Waals surface area contributed by atoms with E-state index >= 15 is 0 Å². The minimum atomic E-state index is 0.343. The largest absolute Gasteiger partial charge is 0.506 e. The Balaban J connectivity index is 2.53. The SMILES string of the molecule is NC/C=C/c1c(O)c(Br)cc2c1CCCCC2. The van der Waals surface area contributed by atoms with Gasteiger partial charge in [-0.05, 0) is 58.8 Å². The second-order valence-electron chi connectivity index (χ2n) is 4.46. The lowest BCUT2D eigenvalue weighted by Gasteiger charge is -2.13. The third-order valence-corrected chi connectivity index (χ3v) is 3.89. The molecule has 0 aliphatic heterocycles. The second kappa shape index (κ2) is 5.69.